The van der Waals surface area contributed by atoms with Crippen molar-refractivity contribution in [3.05, 3.63) is 65.5 Å². The fourth-order valence-corrected chi connectivity index (χ4v) is 2.39. The minimum Gasteiger partial charge on any atom is -0.482 e. The van der Waals surface area contributed by atoms with Crippen LogP contribution in [-0.4, -0.2) is 22.7 Å². The molecule has 0 bridgehead atoms. The van der Waals surface area contributed by atoms with Crippen molar-refractivity contribution in [3.8, 4) is 17.1 Å². The summed E-state index contributed by atoms with van der Waals surface area (Å²) >= 11 is 0. The summed E-state index contributed by atoms with van der Waals surface area (Å²) in [5.41, 5.74) is 3.03. The lowest BCUT2D eigenvalue weighted by molar-refractivity contribution is -0.148. The van der Waals surface area contributed by atoms with Crippen molar-refractivity contribution >= 4 is 5.97 Å². The van der Waals surface area contributed by atoms with Crippen LogP contribution >= 0.6 is 0 Å². The summed E-state index contributed by atoms with van der Waals surface area (Å²) < 4.78 is 15.8. The number of aromatic nitrogens is 2. The molecule has 0 atom stereocenters. The molecule has 0 aliphatic rings. The van der Waals surface area contributed by atoms with Gasteiger partial charge in [0.05, 0.1) is 0 Å². The molecular formula is C20H20N2O4. The third-order valence-electron chi connectivity index (χ3n) is 3.83. The molecule has 0 saturated heterocycles. The van der Waals surface area contributed by atoms with Gasteiger partial charge in [0.15, 0.2) is 13.2 Å². The first kappa shape index (κ1) is 17.7. The average molecular weight is 352 g/mol. The molecule has 6 nitrogen and oxygen atoms in total. The average Bonchev–Trinajstić information content (AvgIpc) is 3.14. The Morgan fingerprint density at radius 1 is 1.12 bits per heavy atom. The highest BCUT2D eigenvalue weighted by atomic mass is 16.6. The summed E-state index contributed by atoms with van der Waals surface area (Å²) in [6, 6.07) is 15.4. The van der Waals surface area contributed by atoms with E-state index in [-0.39, 0.29) is 19.1 Å². The van der Waals surface area contributed by atoms with Gasteiger partial charge in [-0.1, -0.05) is 60.1 Å². The fraction of sp³-hybridized carbons (Fsp3) is 0.250. The van der Waals surface area contributed by atoms with E-state index in [1.807, 2.05) is 62.4 Å². The number of rotatable bonds is 7. The Morgan fingerprint density at radius 2 is 1.88 bits per heavy atom. The van der Waals surface area contributed by atoms with E-state index in [4.69, 9.17) is 14.0 Å². The molecule has 3 aromatic rings. The number of carbonyl (C=O) groups is 1. The summed E-state index contributed by atoms with van der Waals surface area (Å²) in [5.74, 6) is 0.893. The smallest absolute Gasteiger partial charge is 0.344 e. The second-order valence-corrected chi connectivity index (χ2v) is 5.79. The Hall–Kier alpha value is -3.15. The van der Waals surface area contributed by atoms with Crippen LogP contribution in [0.3, 0.4) is 0 Å². The molecule has 3 rings (SSSR count). The molecular weight excluding hydrogens is 332 g/mol. The molecule has 0 spiro atoms. The molecule has 0 N–H and O–H groups in total. The van der Waals surface area contributed by atoms with Gasteiger partial charge < -0.3 is 14.0 Å². The van der Waals surface area contributed by atoms with E-state index >= 15 is 0 Å². The van der Waals surface area contributed by atoms with Gasteiger partial charge in [-0.05, 0) is 25.0 Å². The van der Waals surface area contributed by atoms with Crippen molar-refractivity contribution in [3.63, 3.8) is 0 Å². The van der Waals surface area contributed by atoms with Gasteiger partial charge in [0.25, 0.3) is 5.89 Å². The summed E-state index contributed by atoms with van der Waals surface area (Å²) in [5, 5.41) is 3.90. The highest BCUT2D eigenvalue weighted by Crippen LogP contribution is 2.19. The number of hydrogen-bond donors (Lipinski definition) is 0. The standard InChI is InChI=1S/C20H20N2O4/c1-3-15-6-4-5-7-17(15)24-13-19(23)25-12-18-21-20(22-26-18)16-10-8-14(2)9-11-16/h4-11H,3,12-13H2,1-2H3. The molecule has 1 heterocycles. The van der Waals surface area contributed by atoms with Crippen molar-refractivity contribution in [2.45, 2.75) is 26.9 Å². The van der Waals surface area contributed by atoms with Crippen LogP contribution in [0, 0.1) is 6.92 Å². The second kappa shape index (κ2) is 8.29. The second-order valence-electron chi connectivity index (χ2n) is 5.79. The van der Waals surface area contributed by atoms with E-state index in [0.717, 1.165) is 23.1 Å². The van der Waals surface area contributed by atoms with E-state index < -0.39 is 5.97 Å². The third kappa shape index (κ3) is 4.47. The zero-order valence-corrected chi connectivity index (χ0v) is 14.8. The maximum atomic E-state index is 11.9. The van der Waals surface area contributed by atoms with Gasteiger partial charge in [-0.3, -0.25) is 0 Å². The molecule has 0 aliphatic heterocycles. The molecule has 6 heteroatoms. The number of ether oxygens (including phenoxy) is 2. The minimum absolute atomic E-state index is 0.0868. The lowest BCUT2D eigenvalue weighted by atomic mass is 10.1. The van der Waals surface area contributed by atoms with Crippen molar-refractivity contribution in [1.29, 1.82) is 0 Å². The first-order valence-corrected chi connectivity index (χ1v) is 8.41. The SMILES string of the molecule is CCc1ccccc1OCC(=O)OCc1nc(-c2ccc(C)cc2)no1. The van der Waals surface area contributed by atoms with Gasteiger partial charge in [0.1, 0.15) is 5.75 Å². The molecule has 0 radical (unpaired) electrons. The number of para-hydroxylation sites is 1. The van der Waals surface area contributed by atoms with Gasteiger partial charge in [-0.2, -0.15) is 4.98 Å². The quantitative estimate of drug-likeness (QED) is 0.603. The number of aryl methyl sites for hydroxylation is 2. The van der Waals surface area contributed by atoms with Crippen molar-refractivity contribution in [2.24, 2.45) is 0 Å². The zero-order valence-electron chi connectivity index (χ0n) is 14.8. The predicted octanol–water partition coefficient (Wildman–Crippen LogP) is 3.73. The van der Waals surface area contributed by atoms with E-state index in [2.05, 4.69) is 10.1 Å². The molecule has 0 fully saturated rings. The Balaban J connectivity index is 1.51. The topological polar surface area (TPSA) is 74.5 Å². The largest absolute Gasteiger partial charge is 0.482 e. The van der Waals surface area contributed by atoms with Crippen LogP contribution < -0.4 is 4.74 Å². The summed E-state index contributed by atoms with van der Waals surface area (Å²) in [6.07, 6.45) is 0.828. The number of nitrogens with zero attached hydrogens (tertiary/aromatic N) is 2. The Morgan fingerprint density at radius 3 is 2.65 bits per heavy atom. The van der Waals surface area contributed by atoms with Crippen LogP contribution in [0.5, 0.6) is 5.75 Å². The van der Waals surface area contributed by atoms with Crippen molar-refractivity contribution < 1.29 is 18.8 Å². The number of esters is 1. The maximum Gasteiger partial charge on any atom is 0.344 e. The molecule has 0 saturated carbocycles. The molecule has 0 aliphatic carbocycles. The summed E-state index contributed by atoms with van der Waals surface area (Å²) in [4.78, 5) is 16.1. The lowest BCUT2D eigenvalue weighted by Gasteiger charge is -2.09. The van der Waals surface area contributed by atoms with Crippen molar-refractivity contribution in [2.75, 3.05) is 6.61 Å². The lowest BCUT2D eigenvalue weighted by Crippen LogP contribution is -2.15. The van der Waals surface area contributed by atoms with Gasteiger partial charge in [0, 0.05) is 5.56 Å². The van der Waals surface area contributed by atoms with Gasteiger partial charge in [-0.15, -0.1) is 0 Å². The molecule has 26 heavy (non-hydrogen) atoms. The number of carbonyl (C=O) groups excluding carboxylic acids is 1. The molecule has 0 unspecified atom stereocenters. The normalized spacial score (nSPS) is 10.5. The first-order valence-electron chi connectivity index (χ1n) is 8.41. The van der Waals surface area contributed by atoms with E-state index in [1.54, 1.807) is 0 Å². The van der Waals surface area contributed by atoms with Crippen molar-refractivity contribution in [1.82, 2.24) is 10.1 Å². The van der Waals surface area contributed by atoms with E-state index in [1.165, 1.54) is 0 Å². The maximum absolute atomic E-state index is 11.9. The third-order valence-corrected chi connectivity index (χ3v) is 3.83. The van der Waals surface area contributed by atoms with Crippen LogP contribution in [0.25, 0.3) is 11.4 Å². The summed E-state index contributed by atoms with van der Waals surface area (Å²) in [7, 11) is 0. The first-order chi connectivity index (χ1) is 12.7. The minimum atomic E-state index is -0.494. The Kier molecular flexibility index (Phi) is 5.63. The monoisotopic (exact) mass is 352 g/mol. The highest BCUT2D eigenvalue weighted by molar-refractivity contribution is 5.71. The fourth-order valence-electron chi connectivity index (χ4n) is 2.39. The van der Waals surface area contributed by atoms with Gasteiger partial charge in [-0.25, -0.2) is 4.79 Å². The Labute approximate surface area is 151 Å². The zero-order chi connectivity index (χ0) is 18.4. The predicted molar refractivity (Wildman–Crippen MR) is 95.6 cm³/mol. The van der Waals surface area contributed by atoms with Gasteiger partial charge in [0.2, 0.25) is 5.82 Å². The number of benzene rings is 2. The van der Waals surface area contributed by atoms with E-state index in [9.17, 15) is 4.79 Å². The van der Waals surface area contributed by atoms with E-state index in [0.29, 0.717) is 11.6 Å². The van der Waals surface area contributed by atoms with Crippen LogP contribution in [0.4, 0.5) is 0 Å². The molecule has 2 aromatic carbocycles. The summed E-state index contributed by atoms with van der Waals surface area (Å²) in [6.45, 7) is 3.78. The molecule has 0 amide bonds. The Bertz CT molecular complexity index is 872. The van der Waals surface area contributed by atoms with Crippen LogP contribution in [-0.2, 0) is 22.6 Å². The number of hydrogen-bond acceptors (Lipinski definition) is 6. The molecule has 1 aromatic heterocycles. The van der Waals surface area contributed by atoms with Gasteiger partial charge >= 0.3 is 5.97 Å². The molecule has 134 valence electrons. The van der Waals surface area contributed by atoms with Crippen LogP contribution in [0.15, 0.2) is 53.1 Å². The van der Waals surface area contributed by atoms with Crippen LogP contribution in [0.2, 0.25) is 0 Å². The van der Waals surface area contributed by atoms with Crippen LogP contribution in [0.1, 0.15) is 23.9 Å². The highest BCUT2D eigenvalue weighted by Gasteiger charge is 2.12.